The van der Waals surface area contributed by atoms with Gasteiger partial charge in [-0.15, -0.1) is 0 Å². The van der Waals surface area contributed by atoms with E-state index >= 15 is 0 Å². The van der Waals surface area contributed by atoms with Crippen LogP contribution in [0, 0.1) is 5.92 Å². The Kier molecular flexibility index (Phi) is 5.23. The smallest absolute Gasteiger partial charge is 0.239 e. The van der Waals surface area contributed by atoms with Crippen molar-refractivity contribution in [1.29, 1.82) is 0 Å². The molecule has 1 aliphatic rings. The topological polar surface area (TPSA) is 71.0 Å². The van der Waals surface area contributed by atoms with Gasteiger partial charge in [-0.1, -0.05) is 67.6 Å². The molecule has 28 heavy (non-hydrogen) atoms. The summed E-state index contributed by atoms with van der Waals surface area (Å²) in [6.45, 7) is 2.09. The molecule has 4 atom stereocenters. The first-order valence-electron chi connectivity index (χ1n) is 9.54. The molecule has 1 aromatic heterocycles. The van der Waals surface area contributed by atoms with Gasteiger partial charge in [-0.3, -0.25) is 9.48 Å². The third-order valence-electron chi connectivity index (χ3n) is 5.46. The molecule has 0 bridgehead atoms. The van der Waals surface area contributed by atoms with Gasteiger partial charge in [-0.25, -0.2) is 10.9 Å². The van der Waals surface area contributed by atoms with Crippen molar-refractivity contribution >= 4 is 5.91 Å². The van der Waals surface area contributed by atoms with E-state index in [1.54, 1.807) is 10.9 Å². The summed E-state index contributed by atoms with van der Waals surface area (Å²) in [6, 6.07) is 21.6. The zero-order chi connectivity index (χ0) is 19.5. The molecule has 1 fully saturated rings. The predicted octanol–water partition coefficient (Wildman–Crippen LogP) is 2.48. The number of nitrogens with one attached hydrogen (secondary N) is 3. The summed E-state index contributed by atoms with van der Waals surface area (Å²) in [5, 5.41) is 7.49. The highest BCUT2D eigenvalue weighted by Gasteiger charge is 2.38. The molecule has 0 saturated carbocycles. The fraction of sp³-hybridized carbons (Fsp3) is 0.273. The maximum atomic E-state index is 13.2. The predicted molar refractivity (Wildman–Crippen MR) is 108 cm³/mol. The second-order valence-electron chi connectivity index (χ2n) is 7.25. The third-order valence-corrected chi connectivity index (χ3v) is 5.46. The lowest BCUT2D eigenvalue weighted by Crippen LogP contribution is -2.46. The zero-order valence-electron chi connectivity index (χ0n) is 16.0. The largest absolute Gasteiger partial charge is 0.342 e. The first-order chi connectivity index (χ1) is 13.6. The summed E-state index contributed by atoms with van der Waals surface area (Å²) in [6.07, 6.45) is 1.75. The van der Waals surface area contributed by atoms with E-state index in [1.807, 2.05) is 61.6 Å². The summed E-state index contributed by atoms with van der Waals surface area (Å²) in [5.41, 5.74) is 9.61. The van der Waals surface area contributed by atoms with Gasteiger partial charge in [0, 0.05) is 19.2 Å². The van der Waals surface area contributed by atoms with Crippen molar-refractivity contribution in [2.45, 2.75) is 25.0 Å². The molecule has 0 spiro atoms. The minimum absolute atomic E-state index is 0.0338. The Labute approximate surface area is 164 Å². The quantitative estimate of drug-likeness (QED) is 0.641. The molecule has 1 saturated heterocycles. The number of nitrogens with zero attached hydrogens (tertiary/aromatic N) is 2. The van der Waals surface area contributed by atoms with Gasteiger partial charge in [0.2, 0.25) is 5.91 Å². The first kappa shape index (κ1) is 18.4. The lowest BCUT2D eigenvalue weighted by Gasteiger charge is -2.23. The van der Waals surface area contributed by atoms with Gasteiger partial charge in [0.15, 0.2) is 0 Å². The summed E-state index contributed by atoms with van der Waals surface area (Å²) in [7, 11) is 1.89. The molecule has 6 nitrogen and oxygen atoms in total. The Balaban J connectivity index is 1.55. The van der Waals surface area contributed by atoms with Crippen molar-refractivity contribution < 1.29 is 4.79 Å². The fourth-order valence-corrected chi connectivity index (χ4v) is 3.86. The average Bonchev–Trinajstić information content (AvgIpc) is 3.33. The Morgan fingerprint density at radius 3 is 2.36 bits per heavy atom. The average molecular weight is 375 g/mol. The molecule has 0 radical (unpaired) electrons. The van der Waals surface area contributed by atoms with Crippen LogP contribution in [0.4, 0.5) is 0 Å². The van der Waals surface area contributed by atoms with Crippen LogP contribution in [0.3, 0.4) is 0 Å². The van der Waals surface area contributed by atoms with E-state index in [0.717, 1.165) is 11.3 Å². The maximum absolute atomic E-state index is 13.2. The van der Waals surface area contributed by atoms with Gasteiger partial charge in [-0.2, -0.15) is 5.10 Å². The van der Waals surface area contributed by atoms with Crippen LogP contribution in [0.2, 0.25) is 0 Å². The fourth-order valence-electron chi connectivity index (χ4n) is 3.86. The number of hydrogen-bond acceptors (Lipinski definition) is 4. The Hall–Kier alpha value is -2.96. The number of aryl methyl sites for hydroxylation is 1. The lowest BCUT2D eigenvalue weighted by molar-refractivity contribution is -0.124. The Bertz CT molecular complexity index is 924. The molecular weight excluding hydrogens is 350 g/mol. The molecule has 144 valence electrons. The van der Waals surface area contributed by atoms with Gasteiger partial charge in [0.25, 0.3) is 0 Å². The zero-order valence-corrected chi connectivity index (χ0v) is 16.0. The number of amides is 1. The SMILES string of the molecule is CC1C(C(=O)NC(c2ccccc2)c2ccnn2C)NNC1c1ccccc1. The van der Waals surface area contributed by atoms with Gasteiger partial charge < -0.3 is 5.32 Å². The second-order valence-corrected chi connectivity index (χ2v) is 7.25. The van der Waals surface area contributed by atoms with E-state index in [-0.39, 0.29) is 30.0 Å². The number of carbonyl (C=O) groups excluding carboxylic acids is 1. The maximum Gasteiger partial charge on any atom is 0.239 e. The van der Waals surface area contributed by atoms with E-state index in [0.29, 0.717) is 0 Å². The summed E-state index contributed by atoms with van der Waals surface area (Å²) >= 11 is 0. The highest BCUT2D eigenvalue weighted by molar-refractivity contribution is 5.83. The van der Waals surface area contributed by atoms with Gasteiger partial charge >= 0.3 is 0 Å². The van der Waals surface area contributed by atoms with Crippen LogP contribution in [-0.4, -0.2) is 21.7 Å². The van der Waals surface area contributed by atoms with Crippen molar-refractivity contribution in [1.82, 2.24) is 25.9 Å². The van der Waals surface area contributed by atoms with E-state index in [1.165, 1.54) is 5.56 Å². The number of carbonyl (C=O) groups is 1. The van der Waals surface area contributed by atoms with E-state index in [2.05, 4.69) is 40.3 Å². The minimum atomic E-state index is -0.329. The third kappa shape index (κ3) is 3.56. The normalized spacial score (nSPS) is 22.7. The molecule has 6 heteroatoms. The molecule has 3 N–H and O–H groups in total. The minimum Gasteiger partial charge on any atom is -0.342 e. The van der Waals surface area contributed by atoms with Gasteiger partial charge in [0.05, 0.1) is 17.8 Å². The van der Waals surface area contributed by atoms with Crippen LogP contribution in [0.5, 0.6) is 0 Å². The number of benzene rings is 2. The highest BCUT2D eigenvalue weighted by Crippen LogP contribution is 2.29. The molecule has 3 aromatic rings. The van der Waals surface area contributed by atoms with Crippen molar-refractivity contribution in [3.8, 4) is 0 Å². The van der Waals surface area contributed by atoms with Crippen molar-refractivity contribution in [2.75, 3.05) is 0 Å². The standard InChI is InChI=1S/C22H25N5O/c1-15-19(16-9-5-3-6-10-16)25-26-20(15)22(28)24-21(17-11-7-4-8-12-17)18-13-14-23-27(18)2/h3-15,19-21,25-26H,1-2H3,(H,24,28). The van der Waals surface area contributed by atoms with Crippen LogP contribution in [0.15, 0.2) is 72.9 Å². The van der Waals surface area contributed by atoms with Crippen LogP contribution < -0.4 is 16.2 Å². The molecular formula is C22H25N5O. The van der Waals surface area contributed by atoms with Crippen molar-refractivity contribution in [2.24, 2.45) is 13.0 Å². The molecule has 2 heterocycles. The van der Waals surface area contributed by atoms with E-state index < -0.39 is 0 Å². The second kappa shape index (κ2) is 7.96. The van der Waals surface area contributed by atoms with Crippen LogP contribution >= 0.6 is 0 Å². The molecule has 1 aliphatic heterocycles. The molecule has 0 aliphatic carbocycles. The number of hydrogen-bond donors (Lipinski definition) is 3. The number of hydrazine groups is 1. The van der Waals surface area contributed by atoms with E-state index in [9.17, 15) is 4.79 Å². The summed E-state index contributed by atoms with van der Waals surface area (Å²) in [4.78, 5) is 13.2. The Morgan fingerprint density at radius 1 is 1.04 bits per heavy atom. The molecule has 4 rings (SSSR count). The Morgan fingerprint density at radius 2 is 1.71 bits per heavy atom. The molecule has 4 unspecified atom stereocenters. The van der Waals surface area contributed by atoms with Gasteiger partial charge in [-0.05, 0) is 17.2 Å². The van der Waals surface area contributed by atoms with Crippen LogP contribution in [0.25, 0.3) is 0 Å². The first-order valence-corrected chi connectivity index (χ1v) is 9.54. The molecule has 2 aromatic carbocycles. The number of rotatable bonds is 5. The van der Waals surface area contributed by atoms with Crippen molar-refractivity contribution in [3.63, 3.8) is 0 Å². The van der Waals surface area contributed by atoms with Crippen LogP contribution in [0.1, 0.15) is 35.8 Å². The van der Waals surface area contributed by atoms with Gasteiger partial charge in [0.1, 0.15) is 6.04 Å². The lowest BCUT2D eigenvalue weighted by atomic mass is 9.90. The highest BCUT2D eigenvalue weighted by atomic mass is 16.2. The van der Waals surface area contributed by atoms with E-state index in [4.69, 9.17) is 0 Å². The number of aromatic nitrogens is 2. The van der Waals surface area contributed by atoms with Crippen LogP contribution in [-0.2, 0) is 11.8 Å². The monoisotopic (exact) mass is 375 g/mol. The summed E-state index contributed by atoms with van der Waals surface area (Å²) in [5.74, 6) is 0.0684. The molecule has 1 amide bonds. The van der Waals surface area contributed by atoms with Crippen molar-refractivity contribution in [3.05, 3.63) is 89.7 Å². The summed E-state index contributed by atoms with van der Waals surface area (Å²) < 4.78 is 1.80.